The van der Waals surface area contributed by atoms with Crippen molar-refractivity contribution in [1.29, 1.82) is 0 Å². The molecule has 2 aliphatic rings. The summed E-state index contributed by atoms with van der Waals surface area (Å²) < 4.78 is 49.7. The molecular formula is C14H19F3N4O4. The van der Waals surface area contributed by atoms with E-state index < -0.39 is 36.4 Å². The first-order valence-electron chi connectivity index (χ1n) is 7.83. The second-order valence-electron chi connectivity index (χ2n) is 6.48. The van der Waals surface area contributed by atoms with Crippen LogP contribution in [0.15, 0.2) is 6.20 Å². The fourth-order valence-electron chi connectivity index (χ4n) is 3.14. The fourth-order valence-corrected chi connectivity index (χ4v) is 3.14. The smallest absolute Gasteiger partial charge is 0.380 e. The zero-order chi connectivity index (χ0) is 18.2. The van der Waals surface area contributed by atoms with E-state index in [4.69, 9.17) is 9.47 Å². The minimum atomic E-state index is -4.64. The Morgan fingerprint density at radius 1 is 1.52 bits per heavy atom. The summed E-state index contributed by atoms with van der Waals surface area (Å²) in [7, 11) is 1.55. The average Bonchev–Trinajstić information content (AvgIpc) is 3.16. The van der Waals surface area contributed by atoms with Crippen molar-refractivity contribution in [2.24, 2.45) is 5.92 Å². The number of carbonyl (C=O) groups excluding carboxylic acids is 1. The van der Waals surface area contributed by atoms with Crippen LogP contribution in [0, 0.1) is 5.92 Å². The van der Waals surface area contributed by atoms with Crippen LogP contribution in [0.1, 0.15) is 29.4 Å². The summed E-state index contributed by atoms with van der Waals surface area (Å²) in [6, 6.07) is -0.188. The SMILES string of the molecule is CO[C@@H]1COC[C@H]1n1cc(C(=O)NCC2CC(O)(C(F)(F)F)C2)nn1. The van der Waals surface area contributed by atoms with E-state index in [9.17, 15) is 23.1 Å². The van der Waals surface area contributed by atoms with Gasteiger partial charge in [-0.1, -0.05) is 5.21 Å². The molecule has 2 atom stereocenters. The molecule has 0 spiro atoms. The number of amides is 1. The van der Waals surface area contributed by atoms with E-state index in [1.807, 2.05) is 0 Å². The summed E-state index contributed by atoms with van der Waals surface area (Å²) in [6.07, 6.45) is -4.21. The number of hydrogen-bond donors (Lipinski definition) is 2. The molecule has 1 aliphatic carbocycles. The highest BCUT2D eigenvalue weighted by Gasteiger charge is 2.60. The molecule has 0 unspecified atom stereocenters. The number of aromatic nitrogens is 3. The number of rotatable bonds is 5. The van der Waals surface area contributed by atoms with Crippen LogP contribution in [-0.4, -0.2) is 70.8 Å². The molecule has 2 fully saturated rings. The van der Waals surface area contributed by atoms with Gasteiger partial charge in [-0.15, -0.1) is 5.10 Å². The molecule has 1 aliphatic heterocycles. The van der Waals surface area contributed by atoms with E-state index >= 15 is 0 Å². The lowest BCUT2D eigenvalue weighted by atomic mass is 9.70. The van der Waals surface area contributed by atoms with Gasteiger partial charge >= 0.3 is 6.18 Å². The first-order valence-corrected chi connectivity index (χ1v) is 7.83. The third-order valence-electron chi connectivity index (χ3n) is 4.72. The molecule has 8 nitrogen and oxygen atoms in total. The molecule has 25 heavy (non-hydrogen) atoms. The number of methoxy groups -OCH3 is 1. The quantitative estimate of drug-likeness (QED) is 0.780. The highest BCUT2D eigenvalue weighted by molar-refractivity contribution is 5.91. The van der Waals surface area contributed by atoms with Crippen molar-refractivity contribution in [1.82, 2.24) is 20.3 Å². The van der Waals surface area contributed by atoms with Crippen molar-refractivity contribution in [2.75, 3.05) is 26.9 Å². The monoisotopic (exact) mass is 364 g/mol. The Labute approximate surface area is 141 Å². The van der Waals surface area contributed by atoms with Crippen molar-refractivity contribution in [2.45, 2.75) is 36.8 Å². The molecule has 2 heterocycles. The Balaban J connectivity index is 1.50. The van der Waals surface area contributed by atoms with Crippen LogP contribution >= 0.6 is 0 Å². The lowest BCUT2D eigenvalue weighted by Gasteiger charge is -2.44. The largest absolute Gasteiger partial charge is 0.417 e. The van der Waals surface area contributed by atoms with Gasteiger partial charge in [0.2, 0.25) is 0 Å². The fraction of sp³-hybridized carbons (Fsp3) is 0.786. The van der Waals surface area contributed by atoms with E-state index in [-0.39, 0.29) is 24.4 Å². The Morgan fingerprint density at radius 3 is 2.88 bits per heavy atom. The highest BCUT2D eigenvalue weighted by atomic mass is 19.4. The maximum absolute atomic E-state index is 12.6. The van der Waals surface area contributed by atoms with Crippen LogP contribution in [0.25, 0.3) is 0 Å². The lowest BCUT2D eigenvalue weighted by Crippen LogP contribution is -2.57. The summed E-state index contributed by atoms with van der Waals surface area (Å²) in [5, 5.41) is 19.6. The zero-order valence-corrected chi connectivity index (χ0v) is 13.5. The molecule has 1 saturated carbocycles. The molecule has 3 rings (SSSR count). The number of nitrogens with zero attached hydrogens (tertiary/aromatic N) is 3. The molecule has 1 amide bonds. The van der Waals surface area contributed by atoms with Gasteiger partial charge in [0.25, 0.3) is 5.91 Å². The van der Waals surface area contributed by atoms with Crippen molar-refractivity contribution >= 4 is 5.91 Å². The van der Waals surface area contributed by atoms with Crippen LogP contribution in [0.3, 0.4) is 0 Å². The highest BCUT2D eigenvalue weighted by Crippen LogP contribution is 2.48. The van der Waals surface area contributed by atoms with E-state index in [1.165, 1.54) is 10.9 Å². The van der Waals surface area contributed by atoms with Gasteiger partial charge in [-0.3, -0.25) is 4.79 Å². The van der Waals surface area contributed by atoms with Crippen molar-refractivity contribution in [3.63, 3.8) is 0 Å². The summed E-state index contributed by atoms with van der Waals surface area (Å²) in [5.74, 6) is -0.951. The Hall–Kier alpha value is -1.72. The van der Waals surface area contributed by atoms with Gasteiger partial charge in [0.1, 0.15) is 12.1 Å². The van der Waals surface area contributed by atoms with Gasteiger partial charge in [0, 0.05) is 13.7 Å². The van der Waals surface area contributed by atoms with E-state index in [1.54, 1.807) is 7.11 Å². The van der Waals surface area contributed by atoms with Crippen LogP contribution < -0.4 is 5.32 Å². The molecule has 140 valence electrons. The molecule has 0 radical (unpaired) electrons. The summed E-state index contributed by atoms with van der Waals surface area (Å²) in [6.45, 7) is 0.852. The third-order valence-corrected chi connectivity index (χ3v) is 4.72. The summed E-state index contributed by atoms with van der Waals surface area (Å²) in [5.41, 5.74) is -2.57. The van der Waals surface area contributed by atoms with Crippen molar-refractivity contribution in [3.05, 3.63) is 11.9 Å². The number of aliphatic hydroxyl groups is 1. The van der Waals surface area contributed by atoms with Crippen LogP contribution in [0.5, 0.6) is 0 Å². The second-order valence-corrected chi connectivity index (χ2v) is 6.48. The first-order chi connectivity index (χ1) is 11.7. The maximum Gasteiger partial charge on any atom is 0.417 e. The lowest BCUT2D eigenvalue weighted by molar-refractivity contribution is -0.298. The van der Waals surface area contributed by atoms with Crippen LogP contribution in [0.4, 0.5) is 13.2 Å². The zero-order valence-electron chi connectivity index (χ0n) is 13.5. The predicted molar refractivity (Wildman–Crippen MR) is 76.7 cm³/mol. The Morgan fingerprint density at radius 2 is 2.24 bits per heavy atom. The number of ether oxygens (including phenoxy) is 2. The predicted octanol–water partition coefficient (Wildman–Crippen LogP) is 0.298. The van der Waals surface area contributed by atoms with E-state index in [2.05, 4.69) is 15.6 Å². The number of halogens is 3. The number of alkyl halides is 3. The topological polar surface area (TPSA) is 98.5 Å². The Kier molecular flexibility index (Phi) is 4.73. The second kappa shape index (κ2) is 6.54. The molecule has 0 aromatic carbocycles. The molecule has 11 heteroatoms. The molecule has 1 aromatic rings. The van der Waals surface area contributed by atoms with Crippen LogP contribution in [0.2, 0.25) is 0 Å². The molecular weight excluding hydrogens is 345 g/mol. The van der Waals surface area contributed by atoms with E-state index in [0.29, 0.717) is 13.2 Å². The summed E-state index contributed by atoms with van der Waals surface area (Å²) in [4.78, 5) is 12.1. The van der Waals surface area contributed by atoms with E-state index in [0.717, 1.165) is 0 Å². The van der Waals surface area contributed by atoms with Gasteiger partial charge in [0.15, 0.2) is 11.3 Å². The summed E-state index contributed by atoms with van der Waals surface area (Å²) >= 11 is 0. The van der Waals surface area contributed by atoms with Gasteiger partial charge in [-0.25, -0.2) is 4.68 Å². The Bertz CT molecular complexity index is 630. The first kappa shape index (κ1) is 18.1. The molecule has 2 N–H and O–H groups in total. The van der Waals surface area contributed by atoms with Gasteiger partial charge in [-0.2, -0.15) is 13.2 Å². The standard InChI is InChI=1S/C14H19F3N4O4/c1-24-11-7-25-6-10(11)21-5-9(19-20-21)12(22)18-4-8-2-13(23,3-8)14(15,16)17/h5,8,10-11,23H,2-4,6-7H2,1H3,(H,18,22)/t8?,10-,11-,13?/m1/s1. The van der Waals surface area contributed by atoms with Crippen molar-refractivity contribution < 1.29 is 32.5 Å². The number of hydrogen-bond acceptors (Lipinski definition) is 6. The maximum atomic E-state index is 12.6. The number of nitrogens with one attached hydrogen (secondary N) is 1. The van der Waals surface area contributed by atoms with Crippen LogP contribution in [-0.2, 0) is 9.47 Å². The van der Waals surface area contributed by atoms with Gasteiger partial charge in [-0.05, 0) is 18.8 Å². The minimum Gasteiger partial charge on any atom is -0.380 e. The van der Waals surface area contributed by atoms with Crippen molar-refractivity contribution in [3.8, 4) is 0 Å². The number of carbonyl (C=O) groups is 1. The van der Waals surface area contributed by atoms with Gasteiger partial charge < -0.3 is 19.9 Å². The average molecular weight is 364 g/mol. The molecule has 0 bridgehead atoms. The third kappa shape index (κ3) is 3.48. The molecule has 1 aromatic heterocycles. The molecule has 1 saturated heterocycles. The minimum absolute atomic E-state index is 0.0390. The normalized spacial score (nSPS) is 32.4. The van der Waals surface area contributed by atoms with Gasteiger partial charge in [0.05, 0.1) is 19.4 Å².